The third-order valence-corrected chi connectivity index (χ3v) is 5.71. The van der Waals surface area contributed by atoms with Crippen molar-refractivity contribution in [3.05, 3.63) is 59.2 Å². The van der Waals surface area contributed by atoms with Gasteiger partial charge in [0.05, 0.1) is 0 Å². The predicted octanol–water partition coefficient (Wildman–Crippen LogP) is 9.10. The van der Waals surface area contributed by atoms with Gasteiger partial charge >= 0.3 is 0 Å². The van der Waals surface area contributed by atoms with Crippen LogP contribution >= 0.6 is 0 Å². The molecule has 152 valence electrons. The van der Waals surface area contributed by atoms with Crippen LogP contribution in [-0.4, -0.2) is 0 Å². The molecule has 0 nitrogen and oxygen atoms in total. The Morgan fingerprint density at radius 1 is 0.667 bits per heavy atom. The molecule has 0 saturated heterocycles. The van der Waals surface area contributed by atoms with Gasteiger partial charge in [0.25, 0.3) is 0 Å². The fourth-order valence-electron chi connectivity index (χ4n) is 3.78. The lowest BCUT2D eigenvalue weighted by atomic mass is 9.84. The van der Waals surface area contributed by atoms with Crippen molar-refractivity contribution < 1.29 is 0 Å². The van der Waals surface area contributed by atoms with Gasteiger partial charge in [-0.25, -0.2) is 0 Å². The first-order valence-electron chi connectivity index (χ1n) is 11.2. The van der Waals surface area contributed by atoms with Gasteiger partial charge in [0.1, 0.15) is 0 Å². The first-order chi connectivity index (χ1) is 12.9. The lowest BCUT2D eigenvalue weighted by molar-refractivity contribution is 0.399. The van der Waals surface area contributed by atoms with Gasteiger partial charge in [-0.1, -0.05) is 80.3 Å². The molecule has 0 aliphatic heterocycles. The molecule has 0 heteroatoms. The second-order valence-electron chi connectivity index (χ2n) is 9.19. The fraction of sp³-hybridized carbons (Fsp3) is 0.630. The summed E-state index contributed by atoms with van der Waals surface area (Å²) in [6, 6.07) is 11.2. The first kappa shape index (κ1) is 23.7. The van der Waals surface area contributed by atoms with Gasteiger partial charge in [-0.2, -0.15) is 0 Å². The molecule has 1 rings (SSSR count). The van der Waals surface area contributed by atoms with E-state index in [0.717, 1.165) is 17.8 Å². The summed E-state index contributed by atoms with van der Waals surface area (Å²) in [7, 11) is 0. The van der Waals surface area contributed by atoms with Crippen LogP contribution in [-0.2, 0) is 0 Å². The first-order valence-corrected chi connectivity index (χ1v) is 11.2. The van der Waals surface area contributed by atoms with Crippen LogP contribution in [0.4, 0.5) is 0 Å². The zero-order valence-corrected chi connectivity index (χ0v) is 18.9. The van der Waals surface area contributed by atoms with Crippen molar-refractivity contribution in [3.8, 4) is 0 Å². The number of benzene rings is 1. The standard InChI is InChI=1S/C27H44/c1-22(2)12-10-14-24(5)18-20-27(26-16-8-7-9-17-26)21-19-25(6)15-11-13-23(3)4/h7-9,12-13,16-17,24-25,27H,10-11,14-15,18-21H2,1-6H3. The number of hydrogen-bond acceptors (Lipinski definition) is 0. The molecule has 1 aromatic rings. The average Bonchev–Trinajstić information content (AvgIpc) is 2.62. The maximum Gasteiger partial charge on any atom is -0.0162 e. The highest BCUT2D eigenvalue weighted by Crippen LogP contribution is 2.31. The Labute approximate surface area is 170 Å². The van der Waals surface area contributed by atoms with Crippen LogP contribution in [0.5, 0.6) is 0 Å². The van der Waals surface area contributed by atoms with E-state index in [9.17, 15) is 0 Å². The van der Waals surface area contributed by atoms with E-state index in [0.29, 0.717) is 0 Å². The van der Waals surface area contributed by atoms with Crippen LogP contribution in [0.25, 0.3) is 0 Å². The number of hydrogen-bond donors (Lipinski definition) is 0. The van der Waals surface area contributed by atoms with Gasteiger partial charge in [-0.05, 0) is 89.5 Å². The molecule has 27 heavy (non-hydrogen) atoms. The largest absolute Gasteiger partial charge is 0.0859 e. The lowest BCUT2D eigenvalue weighted by Crippen LogP contribution is -2.05. The van der Waals surface area contributed by atoms with E-state index < -0.39 is 0 Å². The maximum absolute atomic E-state index is 2.43. The molecule has 0 aliphatic carbocycles. The van der Waals surface area contributed by atoms with Crippen molar-refractivity contribution in [2.24, 2.45) is 11.8 Å². The van der Waals surface area contributed by atoms with E-state index in [-0.39, 0.29) is 0 Å². The number of rotatable bonds is 13. The normalized spacial score (nSPS) is 14.3. The Morgan fingerprint density at radius 3 is 1.52 bits per heavy atom. The summed E-state index contributed by atoms with van der Waals surface area (Å²) in [5.41, 5.74) is 4.45. The number of allylic oxidation sites excluding steroid dienone is 4. The van der Waals surface area contributed by atoms with Crippen molar-refractivity contribution in [1.82, 2.24) is 0 Å². The highest BCUT2D eigenvalue weighted by molar-refractivity contribution is 5.19. The van der Waals surface area contributed by atoms with Gasteiger partial charge in [0, 0.05) is 0 Å². The molecule has 0 fully saturated rings. The smallest absolute Gasteiger partial charge is 0.0162 e. The highest BCUT2D eigenvalue weighted by Gasteiger charge is 2.15. The molecule has 0 amide bonds. The van der Waals surface area contributed by atoms with Crippen LogP contribution in [0.1, 0.15) is 104 Å². The Hall–Kier alpha value is -1.30. The molecule has 0 aliphatic rings. The minimum absolute atomic E-state index is 0.725. The van der Waals surface area contributed by atoms with Crippen molar-refractivity contribution in [1.29, 1.82) is 0 Å². The Bertz CT molecular complexity index is 509. The van der Waals surface area contributed by atoms with Gasteiger partial charge in [0.2, 0.25) is 0 Å². The molecule has 0 N–H and O–H groups in total. The summed E-state index contributed by atoms with van der Waals surface area (Å²) in [5, 5.41) is 0. The summed E-state index contributed by atoms with van der Waals surface area (Å²) in [6.45, 7) is 13.7. The van der Waals surface area contributed by atoms with E-state index in [2.05, 4.69) is 84.0 Å². The van der Waals surface area contributed by atoms with Gasteiger partial charge in [-0.3, -0.25) is 0 Å². The van der Waals surface area contributed by atoms with Gasteiger partial charge in [0.15, 0.2) is 0 Å². The summed E-state index contributed by atoms with van der Waals surface area (Å²) in [5.74, 6) is 2.37. The quantitative estimate of drug-likeness (QED) is 0.304. The van der Waals surface area contributed by atoms with Crippen molar-refractivity contribution in [3.63, 3.8) is 0 Å². The highest BCUT2D eigenvalue weighted by atomic mass is 14.2. The van der Waals surface area contributed by atoms with Crippen LogP contribution in [0.2, 0.25) is 0 Å². The van der Waals surface area contributed by atoms with Gasteiger partial charge < -0.3 is 0 Å². The third kappa shape index (κ3) is 11.9. The second-order valence-corrected chi connectivity index (χ2v) is 9.19. The molecular weight excluding hydrogens is 324 g/mol. The Balaban J connectivity index is 2.51. The molecule has 0 heterocycles. The SMILES string of the molecule is CC(C)=CCCC(C)CCC(CCC(C)CCC=C(C)C)c1ccccc1. The molecule has 0 radical (unpaired) electrons. The zero-order chi connectivity index (χ0) is 20.1. The van der Waals surface area contributed by atoms with Crippen molar-refractivity contribution >= 4 is 0 Å². The second kappa shape index (κ2) is 13.8. The molecule has 2 unspecified atom stereocenters. The minimum atomic E-state index is 0.725. The average molecular weight is 369 g/mol. The molecule has 2 atom stereocenters. The summed E-state index contributed by atoms with van der Waals surface area (Å²) >= 11 is 0. The zero-order valence-electron chi connectivity index (χ0n) is 18.9. The lowest BCUT2D eigenvalue weighted by Gasteiger charge is -2.21. The monoisotopic (exact) mass is 368 g/mol. The van der Waals surface area contributed by atoms with E-state index in [1.54, 1.807) is 5.56 Å². The van der Waals surface area contributed by atoms with Gasteiger partial charge in [-0.15, -0.1) is 0 Å². The summed E-state index contributed by atoms with van der Waals surface area (Å²) in [6.07, 6.45) is 15.3. The maximum atomic E-state index is 2.43. The van der Waals surface area contributed by atoms with Crippen molar-refractivity contribution in [2.45, 2.75) is 98.8 Å². The molecule has 1 aromatic carbocycles. The third-order valence-electron chi connectivity index (χ3n) is 5.71. The summed E-state index contributed by atoms with van der Waals surface area (Å²) < 4.78 is 0. The van der Waals surface area contributed by atoms with Crippen LogP contribution < -0.4 is 0 Å². The van der Waals surface area contributed by atoms with Crippen LogP contribution in [0, 0.1) is 11.8 Å². The fourth-order valence-corrected chi connectivity index (χ4v) is 3.78. The molecular formula is C27H44. The van der Waals surface area contributed by atoms with E-state index in [4.69, 9.17) is 0 Å². The van der Waals surface area contributed by atoms with E-state index >= 15 is 0 Å². The molecule has 0 aromatic heterocycles. The molecule has 0 saturated carbocycles. The molecule has 0 bridgehead atoms. The summed E-state index contributed by atoms with van der Waals surface area (Å²) in [4.78, 5) is 0. The van der Waals surface area contributed by atoms with E-state index in [1.165, 1.54) is 62.5 Å². The van der Waals surface area contributed by atoms with E-state index in [1.807, 2.05) is 0 Å². The Kier molecular flexibility index (Phi) is 12.1. The minimum Gasteiger partial charge on any atom is -0.0859 e. The van der Waals surface area contributed by atoms with Crippen LogP contribution in [0.15, 0.2) is 53.6 Å². The van der Waals surface area contributed by atoms with Crippen LogP contribution in [0.3, 0.4) is 0 Å². The predicted molar refractivity (Wildman–Crippen MR) is 123 cm³/mol. The molecule has 0 spiro atoms. The Morgan fingerprint density at radius 2 is 1.11 bits per heavy atom. The topological polar surface area (TPSA) is 0 Å². The van der Waals surface area contributed by atoms with Crippen molar-refractivity contribution in [2.75, 3.05) is 0 Å².